The maximum atomic E-state index is 4.76. The zero-order valence-corrected chi connectivity index (χ0v) is 12.9. The van der Waals surface area contributed by atoms with E-state index < -0.39 is 0 Å². The van der Waals surface area contributed by atoms with Gasteiger partial charge in [0.15, 0.2) is 10.8 Å². The third-order valence-corrected chi connectivity index (χ3v) is 4.30. The Morgan fingerprint density at radius 3 is 2.90 bits per heavy atom. The van der Waals surface area contributed by atoms with Gasteiger partial charge in [0.2, 0.25) is 0 Å². The molecule has 6 heteroatoms. The molecule has 0 aliphatic carbocycles. The minimum atomic E-state index is 0.817. The number of aryl methyl sites for hydroxylation is 1. The largest absolute Gasteiger partial charge is 0.311 e. The molecule has 3 heterocycles. The van der Waals surface area contributed by atoms with Gasteiger partial charge in [-0.3, -0.25) is 8.97 Å². The van der Waals surface area contributed by atoms with Gasteiger partial charge in [0.25, 0.3) is 0 Å². The first-order chi connectivity index (χ1) is 9.72. The van der Waals surface area contributed by atoms with E-state index in [0.29, 0.717) is 0 Å². The van der Waals surface area contributed by atoms with E-state index in [1.54, 1.807) is 11.3 Å². The van der Waals surface area contributed by atoms with E-state index >= 15 is 0 Å². The Morgan fingerprint density at radius 2 is 2.20 bits per heavy atom. The van der Waals surface area contributed by atoms with Crippen LogP contribution in [0.3, 0.4) is 0 Å². The minimum absolute atomic E-state index is 0.817. The lowest BCUT2D eigenvalue weighted by Gasteiger charge is -2.07. The zero-order chi connectivity index (χ0) is 14.1. The van der Waals surface area contributed by atoms with E-state index in [1.807, 2.05) is 13.3 Å². The fraction of sp³-hybridized carbons (Fsp3) is 0.429. The van der Waals surface area contributed by atoms with Gasteiger partial charge in [-0.2, -0.15) is 0 Å². The van der Waals surface area contributed by atoms with E-state index in [9.17, 15) is 0 Å². The Morgan fingerprint density at radius 1 is 1.35 bits per heavy atom. The summed E-state index contributed by atoms with van der Waals surface area (Å²) >= 11 is 1.66. The third-order valence-electron chi connectivity index (χ3n) is 3.54. The molecule has 0 unspecified atom stereocenters. The number of thiazole rings is 1. The minimum Gasteiger partial charge on any atom is -0.311 e. The summed E-state index contributed by atoms with van der Waals surface area (Å²) in [5, 5.41) is 5.54. The lowest BCUT2D eigenvalue weighted by Crippen LogP contribution is -2.16. The van der Waals surface area contributed by atoms with Crippen molar-refractivity contribution in [3.63, 3.8) is 0 Å². The second-order valence-corrected chi connectivity index (χ2v) is 5.77. The van der Waals surface area contributed by atoms with Crippen LogP contribution in [0.4, 0.5) is 0 Å². The van der Waals surface area contributed by atoms with Gasteiger partial charge in [0.1, 0.15) is 6.33 Å². The van der Waals surface area contributed by atoms with Crippen LogP contribution < -0.4 is 5.32 Å². The van der Waals surface area contributed by atoms with Gasteiger partial charge in [0.05, 0.1) is 11.4 Å². The highest BCUT2D eigenvalue weighted by atomic mass is 32.1. The van der Waals surface area contributed by atoms with Crippen molar-refractivity contribution in [3.05, 3.63) is 35.0 Å². The normalized spacial score (nSPS) is 11.6. The van der Waals surface area contributed by atoms with Crippen LogP contribution in [0.5, 0.6) is 0 Å². The van der Waals surface area contributed by atoms with Crippen molar-refractivity contribution in [2.24, 2.45) is 0 Å². The van der Waals surface area contributed by atoms with Gasteiger partial charge in [-0.05, 0) is 26.8 Å². The van der Waals surface area contributed by atoms with Crippen LogP contribution in [0, 0.1) is 13.8 Å². The first kappa shape index (κ1) is 13.3. The fourth-order valence-electron chi connectivity index (χ4n) is 2.27. The summed E-state index contributed by atoms with van der Waals surface area (Å²) < 4.78 is 4.25. The van der Waals surface area contributed by atoms with Crippen molar-refractivity contribution in [3.8, 4) is 5.82 Å². The van der Waals surface area contributed by atoms with Gasteiger partial charge in [-0.15, -0.1) is 11.3 Å². The van der Waals surface area contributed by atoms with E-state index in [-0.39, 0.29) is 0 Å². The van der Waals surface area contributed by atoms with Crippen molar-refractivity contribution < 1.29 is 0 Å². The number of imidazole rings is 2. The standard InChI is InChI=1S/C14H19N5S/c1-4-5-15-8-12-13(17-14-18(12)6-7-20-14)19-9-16-10(2)11(19)3/h6-7,9,15H,4-5,8H2,1-3H3. The Labute approximate surface area is 122 Å². The summed E-state index contributed by atoms with van der Waals surface area (Å²) in [5.41, 5.74) is 3.39. The van der Waals surface area contributed by atoms with Crippen LogP contribution in [0.2, 0.25) is 0 Å². The van der Waals surface area contributed by atoms with Gasteiger partial charge >= 0.3 is 0 Å². The number of aromatic nitrogens is 4. The first-order valence-corrected chi connectivity index (χ1v) is 7.76. The molecule has 1 N–H and O–H groups in total. The van der Waals surface area contributed by atoms with E-state index in [1.165, 1.54) is 5.69 Å². The summed E-state index contributed by atoms with van der Waals surface area (Å²) in [6.45, 7) is 8.11. The molecule has 20 heavy (non-hydrogen) atoms. The lowest BCUT2D eigenvalue weighted by molar-refractivity contribution is 0.657. The molecular formula is C14H19N5S. The maximum Gasteiger partial charge on any atom is 0.195 e. The summed E-state index contributed by atoms with van der Waals surface area (Å²) in [5.74, 6) is 0.985. The van der Waals surface area contributed by atoms with Crippen LogP contribution in [-0.2, 0) is 6.54 Å². The van der Waals surface area contributed by atoms with Crippen LogP contribution in [0.15, 0.2) is 17.9 Å². The van der Waals surface area contributed by atoms with Crippen LogP contribution >= 0.6 is 11.3 Å². The molecule has 0 atom stereocenters. The predicted octanol–water partition coefficient (Wildman–Crippen LogP) is 2.70. The number of nitrogens with zero attached hydrogens (tertiary/aromatic N) is 4. The van der Waals surface area contributed by atoms with Gasteiger partial charge < -0.3 is 5.32 Å². The van der Waals surface area contributed by atoms with E-state index in [4.69, 9.17) is 4.98 Å². The fourth-order valence-corrected chi connectivity index (χ4v) is 3.00. The van der Waals surface area contributed by atoms with Crippen molar-refractivity contribution >= 4 is 16.3 Å². The molecule has 0 aliphatic heterocycles. The Bertz CT molecular complexity index is 721. The average molecular weight is 289 g/mol. The van der Waals surface area contributed by atoms with Gasteiger partial charge in [-0.25, -0.2) is 9.97 Å². The summed E-state index contributed by atoms with van der Waals surface area (Å²) in [7, 11) is 0. The van der Waals surface area contributed by atoms with Crippen molar-refractivity contribution in [2.45, 2.75) is 33.7 Å². The monoisotopic (exact) mass is 289 g/mol. The molecule has 106 valence electrons. The molecule has 0 amide bonds. The number of hydrogen-bond acceptors (Lipinski definition) is 4. The molecule has 0 bridgehead atoms. The molecule has 0 spiro atoms. The molecule has 3 rings (SSSR count). The summed E-state index contributed by atoms with van der Waals surface area (Å²) in [6.07, 6.45) is 5.07. The number of fused-ring (bicyclic) bond motifs is 1. The molecule has 0 aromatic carbocycles. The quantitative estimate of drug-likeness (QED) is 0.735. The molecule has 0 aliphatic rings. The van der Waals surface area contributed by atoms with Crippen molar-refractivity contribution in [2.75, 3.05) is 6.54 Å². The number of nitrogens with one attached hydrogen (secondary N) is 1. The van der Waals surface area contributed by atoms with Crippen molar-refractivity contribution in [1.82, 2.24) is 24.3 Å². The number of hydrogen-bond donors (Lipinski definition) is 1. The smallest absolute Gasteiger partial charge is 0.195 e. The lowest BCUT2D eigenvalue weighted by atomic mass is 10.3. The first-order valence-electron chi connectivity index (χ1n) is 6.88. The highest BCUT2D eigenvalue weighted by Crippen LogP contribution is 2.22. The average Bonchev–Trinajstić information content (AvgIpc) is 3.09. The predicted molar refractivity (Wildman–Crippen MR) is 81.7 cm³/mol. The van der Waals surface area contributed by atoms with Crippen LogP contribution in [0.25, 0.3) is 10.8 Å². The van der Waals surface area contributed by atoms with E-state index in [2.05, 4.69) is 44.7 Å². The second kappa shape index (κ2) is 5.38. The highest BCUT2D eigenvalue weighted by molar-refractivity contribution is 7.15. The molecule has 0 saturated heterocycles. The molecule has 0 saturated carbocycles. The molecule has 0 fully saturated rings. The number of rotatable bonds is 5. The Balaban J connectivity index is 2.07. The third kappa shape index (κ3) is 2.14. The van der Waals surface area contributed by atoms with Gasteiger partial charge in [-0.1, -0.05) is 6.92 Å². The summed E-state index contributed by atoms with van der Waals surface area (Å²) in [4.78, 5) is 10.2. The van der Waals surface area contributed by atoms with E-state index in [0.717, 1.165) is 41.7 Å². The maximum absolute atomic E-state index is 4.76. The SMILES string of the molecule is CCCNCc1c(-n2cnc(C)c2C)nc2sccn12. The molecule has 3 aromatic heterocycles. The molecule has 5 nitrogen and oxygen atoms in total. The van der Waals surface area contributed by atoms with Crippen LogP contribution in [0.1, 0.15) is 30.4 Å². The highest BCUT2D eigenvalue weighted by Gasteiger charge is 2.16. The topological polar surface area (TPSA) is 47.2 Å². The Hall–Kier alpha value is -1.66. The summed E-state index contributed by atoms with van der Waals surface area (Å²) in [6, 6.07) is 0. The van der Waals surface area contributed by atoms with Crippen LogP contribution in [-0.4, -0.2) is 25.5 Å². The molecular weight excluding hydrogens is 270 g/mol. The zero-order valence-electron chi connectivity index (χ0n) is 12.1. The van der Waals surface area contributed by atoms with Crippen molar-refractivity contribution in [1.29, 1.82) is 0 Å². The van der Waals surface area contributed by atoms with Gasteiger partial charge in [0, 0.05) is 23.8 Å². The molecule has 0 radical (unpaired) electrons. The molecule has 3 aromatic rings. The Kier molecular flexibility index (Phi) is 3.58. The second-order valence-electron chi connectivity index (χ2n) is 4.90.